The van der Waals surface area contributed by atoms with Crippen LogP contribution in [0.4, 0.5) is 4.79 Å². The van der Waals surface area contributed by atoms with Gasteiger partial charge in [-0.05, 0) is 84.4 Å². The molecule has 0 aliphatic carbocycles. The van der Waals surface area contributed by atoms with E-state index in [0.29, 0.717) is 19.4 Å². The van der Waals surface area contributed by atoms with E-state index in [1.165, 1.54) is 0 Å². The van der Waals surface area contributed by atoms with Crippen LogP contribution in [0.1, 0.15) is 44.4 Å². The fourth-order valence-corrected chi connectivity index (χ4v) is 6.72. The van der Waals surface area contributed by atoms with Gasteiger partial charge in [0.1, 0.15) is 24.2 Å². The maximum Gasteiger partial charge on any atom is 0.508 e. The summed E-state index contributed by atoms with van der Waals surface area (Å²) in [5.41, 5.74) is 3.77. The Morgan fingerprint density at radius 3 is 1.85 bits per heavy atom. The summed E-state index contributed by atoms with van der Waals surface area (Å²) in [5, 5.41) is 0.00594. The normalized spacial score (nSPS) is 17.0. The summed E-state index contributed by atoms with van der Waals surface area (Å²) in [6.45, 7) is 17.6. The fourth-order valence-electron chi connectivity index (χ4n) is 5.74. The van der Waals surface area contributed by atoms with Crippen LogP contribution in [0.25, 0.3) is 0 Å². The van der Waals surface area contributed by atoms with Crippen molar-refractivity contribution in [2.45, 2.75) is 83.5 Å². The number of likely N-dealkylation sites (tertiary alicyclic amines) is 1. The molecule has 9 heteroatoms. The molecular formula is C39H51NO7Si. The number of hydrogen-bond acceptors (Lipinski definition) is 7. The van der Waals surface area contributed by atoms with Gasteiger partial charge in [-0.3, -0.25) is 4.79 Å². The number of carbonyl (C=O) groups excluding carboxylic acids is 2. The fraction of sp³-hybridized carbons (Fsp3) is 0.436. The van der Waals surface area contributed by atoms with Crippen LogP contribution in [0.15, 0.2) is 91.0 Å². The van der Waals surface area contributed by atoms with Crippen LogP contribution in [0.2, 0.25) is 18.1 Å². The maximum atomic E-state index is 14.2. The van der Waals surface area contributed by atoms with E-state index in [0.717, 1.165) is 33.8 Å². The number of amides is 1. The van der Waals surface area contributed by atoms with Gasteiger partial charge in [0.15, 0.2) is 8.32 Å². The topological polar surface area (TPSA) is 83.5 Å². The Labute approximate surface area is 287 Å². The first-order valence-electron chi connectivity index (χ1n) is 16.5. The number of methoxy groups -OCH3 is 2. The van der Waals surface area contributed by atoms with Crippen molar-refractivity contribution >= 4 is 20.4 Å². The summed E-state index contributed by atoms with van der Waals surface area (Å²) in [7, 11) is 1.16. The van der Waals surface area contributed by atoms with Crippen LogP contribution in [-0.2, 0) is 38.1 Å². The SMILES string of the molecule is C=C(CO[Si](C)(C)C(C)(C)C)[C@@H]1[C@@H]([C@@H](C)OC(=O)OCc2ccccc2)C(=O)N1C(Cc1ccc(OC)cc1)Cc1ccc(OC)cc1. The molecule has 3 aromatic rings. The van der Waals surface area contributed by atoms with E-state index in [1.54, 1.807) is 21.1 Å². The molecule has 1 amide bonds. The average Bonchev–Trinajstić information content (AvgIpc) is 3.05. The molecule has 3 aromatic carbocycles. The van der Waals surface area contributed by atoms with Crippen LogP contribution in [0.5, 0.6) is 11.5 Å². The zero-order chi connectivity index (χ0) is 35.1. The molecule has 0 N–H and O–H groups in total. The summed E-state index contributed by atoms with van der Waals surface area (Å²) < 4.78 is 28.5. The number of ether oxygens (including phenoxy) is 4. The highest BCUT2D eigenvalue weighted by Gasteiger charge is 2.55. The Morgan fingerprint density at radius 2 is 1.38 bits per heavy atom. The number of β-lactam (4-membered cyclic amide) rings is 1. The lowest BCUT2D eigenvalue weighted by Crippen LogP contribution is -2.69. The van der Waals surface area contributed by atoms with Crippen molar-refractivity contribution in [3.05, 3.63) is 108 Å². The van der Waals surface area contributed by atoms with Crippen molar-refractivity contribution < 1.29 is 33.0 Å². The Kier molecular flexibility index (Phi) is 12.2. The lowest BCUT2D eigenvalue weighted by atomic mass is 9.76. The Morgan fingerprint density at radius 1 is 0.854 bits per heavy atom. The molecule has 8 nitrogen and oxygen atoms in total. The summed E-state index contributed by atoms with van der Waals surface area (Å²) >= 11 is 0. The first-order valence-corrected chi connectivity index (χ1v) is 19.4. The number of rotatable bonds is 15. The Hall–Kier alpha value is -4.08. The second kappa shape index (κ2) is 15.9. The first-order chi connectivity index (χ1) is 22.7. The van der Waals surface area contributed by atoms with Crippen molar-refractivity contribution in [2.24, 2.45) is 5.92 Å². The van der Waals surface area contributed by atoms with Gasteiger partial charge in [0.25, 0.3) is 0 Å². The second-order valence-corrected chi connectivity index (χ2v) is 18.8. The van der Waals surface area contributed by atoms with Gasteiger partial charge in [-0.2, -0.15) is 0 Å². The summed E-state index contributed by atoms with van der Waals surface area (Å²) in [4.78, 5) is 29.0. The molecule has 0 aromatic heterocycles. The highest BCUT2D eigenvalue weighted by Crippen LogP contribution is 2.41. The van der Waals surface area contributed by atoms with Crippen molar-refractivity contribution in [1.82, 2.24) is 4.90 Å². The summed E-state index contributed by atoms with van der Waals surface area (Å²) in [5.74, 6) is 0.817. The average molecular weight is 674 g/mol. The third kappa shape index (κ3) is 9.08. The molecule has 1 saturated heterocycles. The van der Waals surface area contributed by atoms with Gasteiger partial charge < -0.3 is 28.3 Å². The molecule has 1 heterocycles. The predicted molar refractivity (Wildman–Crippen MR) is 191 cm³/mol. The van der Waals surface area contributed by atoms with Crippen molar-refractivity contribution in [2.75, 3.05) is 20.8 Å². The molecule has 3 atom stereocenters. The molecule has 1 fully saturated rings. The molecule has 258 valence electrons. The van der Waals surface area contributed by atoms with Crippen LogP contribution >= 0.6 is 0 Å². The largest absolute Gasteiger partial charge is 0.508 e. The van der Waals surface area contributed by atoms with Crippen LogP contribution in [0, 0.1) is 5.92 Å². The van der Waals surface area contributed by atoms with Gasteiger partial charge in [-0.1, -0.05) is 81.9 Å². The molecule has 0 unspecified atom stereocenters. The molecular weight excluding hydrogens is 623 g/mol. The zero-order valence-electron chi connectivity index (χ0n) is 29.7. The molecule has 0 saturated carbocycles. The van der Waals surface area contributed by atoms with Gasteiger partial charge in [-0.25, -0.2) is 4.79 Å². The van der Waals surface area contributed by atoms with E-state index in [1.807, 2.05) is 83.8 Å². The first kappa shape index (κ1) is 36.7. The molecule has 0 radical (unpaired) electrons. The standard InChI is InChI=1S/C39H51NO7Si/c1-27(25-46-48(8,9)39(3,4)5)36-35(28(2)47-38(42)45-26-31-13-11-10-12-14-31)37(41)40(36)32(23-29-15-19-33(43-6)20-16-29)24-30-17-21-34(44-7)22-18-30/h10-22,28,32,35-36H,1,23-26H2,2-9H3/t28-,35-,36-/m1/s1. The third-order valence-electron chi connectivity index (χ3n) is 9.66. The minimum absolute atomic E-state index is 0.00594. The van der Waals surface area contributed by atoms with E-state index in [9.17, 15) is 9.59 Å². The highest BCUT2D eigenvalue weighted by atomic mass is 28.4. The van der Waals surface area contributed by atoms with E-state index in [4.69, 9.17) is 23.4 Å². The van der Waals surface area contributed by atoms with E-state index < -0.39 is 32.5 Å². The van der Waals surface area contributed by atoms with E-state index >= 15 is 0 Å². The van der Waals surface area contributed by atoms with Crippen molar-refractivity contribution in [1.29, 1.82) is 0 Å². The van der Waals surface area contributed by atoms with Gasteiger partial charge in [-0.15, -0.1) is 0 Å². The van der Waals surface area contributed by atoms with Crippen molar-refractivity contribution in [3.8, 4) is 11.5 Å². The lowest BCUT2D eigenvalue weighted by molar-refractivity contribution is -0.167. The van der Waals surface area contributed by atoms with Crippen LogP contribution in [0.3, 0.4) is 0 Å². The summed E-state index contributed by atoms with van der Waals surface area (Å²) in [6.07, 6.45) is -0.340. The van der Waals surface area contributed by atoms with E-state index in [-0.39, 0.29) is 23.6 Å². The highest BCUT2D eigenvalue weighted by molar-refractivity contribution is 6.74. The van der Waals surface area contributed by atoms with Crippen molar-refractivity contribution in [3.63, 3.8) is 0 Å². The quantitative estimate of drug-likeness (QED) is 0.0700. The Bertz CT molecular complexity index is 1470. The predicted octanol–water partition coefficient (Wildman–Crippen LogP) is 8.00. The molecule has 4 rings (SSSR count). The molecule has 0 bridgehead atoms. The van der Waals surface area contributed by atoms with Crippen LogP contribution in [-0.4, -0.2) is 64.3 Å². The Balaban J connectivity index is 1.61. The molecule has 48 heavy (non-hydrogen) atoms. The third-order valence-corrected chi connectivity index (χ3v) is 14.1. The van der Waals surface area contributed by atoms with E-state index in [2.05, 4.69) is 40.4 Å². The number of nitrogens with zero attached hydrogens (tertiary/aromatic N) is 1. The number of benzene rings is 3. The smallest absolute Gasteiger partial charge is 0.497 e. The second-order valence-electron chi connectivity index (χ2n) is 14.0. The number of hydrogen-bond donors (Lipinski definition) is 0. The number of carbonyl (C=O) groups is 2. The van der Waals surface area contributed by atoms with Crippen LogP contribution < -0.4 is 9.47 Å². The molecule has 1 aliphatic rings. The molecule has 1 aliphatic heterocycles. The monoisotopic (exact) mass is 673 g/mol. The van der Waals surface area contributed by atoms with Gasteiger partial charge in [0, 0.05) is 6.04 Å². The molecule has 0 spiro atoms. The van der Waals surface area contributed by atoms with Gasteiger partial charge in [0.05, 0.1) is 32.8 Å². The minimum Gasteiger partial charge on any atom is -0.497 e. The van der Waals surface area contributed by atoms with Gasteiger partial charge in [0.2, 0.25) is 5.91 Å². The minimum atomic E-state index is -2.12. The van der Waals surface area contributed by atoms with Gasteiger partial charge >= 0.3 is 6.16 Å². The lowest BCUT2D eigenvalue weighted by Gasteiger charge is -2.53. The maximum absolute atomic E-state index is 14.2. The summed E-state index contributed by atoms with van der Waals surface area (Å²) in [6, 6.07) is 24.6. The zero-order valence-corrected chi connectivity index (χ0v) is 30.7.